The van der Waals surface area contributed by atoms with E-state index in [1.807, 2.05) is 213 Å². The monoisotopic (exact) mass is 2870 g/mol. The summed E-state index contributed by atoms with van der Waals surface area (Å²) < 4.78 is 192. The van der Waals surface area contributed by atoms with Crippen molar-refractivity contribution >= 4 is 562 Å². The molecule has 0 radical (unpaired) electrons. The number of hydrogen-bond donors (Lipinski definition) is 2. The highest BCUT2D eigenvalue weighted by molar-refractivity contribution is 9.11. The first-order valence-corrected chi connectivity index (χ1v) is 95.4. The predicted molar refractivity (Wildman–Crippen MR) is 658 cm³/mol. The van der Waals surface area contributed by atoms with Crippen LogP contribution < -0.4 is 0 Å². The number of carbonyl (C=O) groups is 2. The lowest BCUT2D eigenvalue weighted by Crippen LogP contribution is -2.48. The summed E-state index contributed by atoms with van der Waals surface area (Å²) in [6, 6.07) is 30.7. The molecule has 14 rings (SSSR count). The molecule has 0 bridgehead atoms. The van der Waals surface area contributed by atoms with Crippen LogP contribution in [0.4, 0.5) is 52.7 Å². The second kappa shape index (κ2) is 56.8. The van der Waals surface area contributed by atoms with Crippen LogP contribution in [0.15, 0.2) is 150 Å². The lowest BCUT2D eigenvalue weighted by Gasteiger charge is -2.25. The average Bonchev–Trinajstić information content (AvgIpc) is 1.52. The van der Waals surface area contributed by atoms with Crippen molar-refractivity contribution in [3.05, 3.63) is 182 Å². The van der Waals surface area contributed by atoms with E-state index in [0.717, 1.165) is 110 Å². The third-order valence-electron chi connectivity index (χ3n) is 15.1. The Morgan fingerprint density at radius 1 is 0.260 bits per heavy atom. The van der Waals surface area contributed by atoms with Gasteiger partial charge in [0.2, 0.25) is 0 Å². The minimum Gasteiger partial charge on any atom is -0.477 e. The van der Waals surface area contributed by atoms with Gasteiger partial charge in [0, 0.05) is 463 Å². The number of aromatic carboxylic acids is 2. The first kappa shape index (κ1) is 115. The van der Waals surface area contributed by atoms with Crippen molar-refractivity contribution in [1.29, 1.82) is 0 Å². The molecule has 0 atom stereocenters. The Labute approximate surface area is 919 Å². The number of rotatable bonds is 14. The Kier molecular flexibility index (Phi) is 49.9. The quantitative estimate of drug-likeness (QED) is 0.106. The van der Waals surface area contributed by atoms with Crippen molar-refractivity contribution in [2.45, 2.75) is 43.0 Å². The fourth-order valence-corrected chi connectivity index (χ4v) is 122. The molecule has 2 aliphatic rings. The zero-order valence-electron chi connectivity index (χ0n) is 60.1. The Morgan fingerprint density at radius 2 is 0.450 bits per heavy atom. The van der Waals surface area contributed by atoms with E-state index in [1.54, 1.807) is 201 Å². The van der Waals surface area contributed by atoms with E-state index in [4.69, 9.17) is 22.4 Å². The van der Waals surface area contributed by atoms with Gasteiger partial charge in [-0.15, -0.1) is 136 Å². The summed E-state index contributed by atoms with van der Waals surface area (Å²) >= 11 is 29.5. The van der Waals surface area contributed by atoms with E-state index in [2.05, 4.69) is 31.9 Å². The molecule has 0 amide bonds. The van der Waals surface area contributed by atoms with Gasteiger partial charge in [-0.05, 0) is 150 Å². The van der Waals surface area contributed by atoms with Gasteiger partial charge in [0.25, 0.3) is 0 Å². The zero-order valence-corrected chi connectivity index (χ0v) is 106. The van der Waals surface area contributed by atoms with E-state index >= 15 is 52.7 Å². The Morgan fingerprint density at radius 3 is 0.611 bits per heavy atom. The largest absolute Gasteiger partial charge is 0.477 e. The molecule has 12 aromatic rings. The maximum Gasteiger partial charge on any atom is 0.380 e. The van der Waals surface area contributed by atoms with Crippen molar-refractivity contribution in [2.75, 3.05) is 0 Å². The van der Waals surface area contributed by atoms with Crippen molar-refractivity contribution in [1.82, 2.24) is 0 Å². The fraction of sp³-hybridized carbons (Fsp3) is 0.115. The normalized spacial score (nSPS) is 14.0. The van der Waals surface area contributed by atoms with Gasteiger partial charge in [0.15, 0.2) is 0 Å². The Balaban J connectivity index is 0.000000190. The van der Waals surface area contributed by atoms with Gasteiger partial charge in [-0.3, -0.25) is 0 Å². The third-order valence-corrected chi connectivity index (χ3v) is 112. The number of alkyl halides is 12. The zero-order chi connectivity index (χ0) is 92.6. The first-order chi connectivity index (χ1) is 62.5. The number of hydrogen-bond acceptors (Lipinski definition) is 16. The van der Waals surface area contributed by atoms with Gasteiger partial charge >= 0.3 is 47.5 Å². The maximum atomic E-state index is 16.1. The van der Waals surface area contributed by atoms with Crippen LogP contribution in [0.1, 0.15) is 49.0 Å². The smallest absolute Gasteiger partial charge is 0.380 e. The molecule has 0 aromatic carbocycles. The van der Waals surface area contributed by atoms with E-state index in [-0.39, 0.29) is 57.6 Å². The molecule has 12 heterocycles. The molecule has 0 unspecified atom stereocenters. The molecule has 0 saturated carbocycles. The number of carboxylic acid groups (broad SMARTS) is 2. The van der Waals surface area contributed by atoms with Crippen LogP contribution in [-0.2, 0) is 360 Å². The highest BCUT2D eigenvalue weighted by Crippen LogP contribution is 2.70. The molecule has 0 aliphatic heterocycles. The molecule has 2 aliphatic carbocycles. The predicted octanol–water partition coefficient (Wildman–Crippen LogP) is 26.6. The topological polar surface area (TPSA) is 74.6 Å². The lowest BCUT2D eigenvalue weighted by molar-refractivity contribution is -0.254. The molecule has 0 saturated heterocycles. The summed E-state index contributed by atoms with van der Waals surface area (Å²) in [7, 11) is 67.4. The summed E-state index contributed by atoms with van der Waals surface area (Å²) in [6.45, 7) is 0. The van der Waals surface area contributed by atoms with Gasteiger partial charge in [0.1, 0.15) is 9.75 Å². The van der Waals surface area contributed by atoms with Crippen molar-refractivity contribution in [3.8, 4) is 78.0 Å². The SMILES string of the molecule is C.FC1(F)C(c2cc(-c3ccc(Br)s3)sc2-c2cccs2)=C(c2cc(-c3ccc(Br)s3)sc2-c2cccs2)C(F)(F)C1(F)F.O=C(O)c1ccc(-c2cc(C3=C(c4cc(-c5ccc(C(=O)O)s5)sc4-c4cccs4)C(F)(F)C(F)(F)C3(F)F)c(-c3cccs3)s2)s1.S=S=S=S=S=S=S=S=S=S=S=S=S=S=S=S=S=S=S=S=S=S=S=S=S=S=S=S=S=S=S=S=S=S=S=S=S=S=S=S. The third kappa shape index (κ3) is 30.3. The second-order valence-electron chi connectivity index (χ2n) is 22.0. The van der Waals surface area contributed by atoms with E-state index < -0.39 is 80.9 Å². The minimum atomic E-state index is -5.81. The molecule has 131 heavy (non-hydrogen) atoms. The lowest BCUT2D eigenvalue weighted by atomic mass is 9.94. The second-order valence-corrected chi connectivity index (χ2v) is 104. The number of allylic oxidation sites excluding steroid dienone is 4. The minimum absolute atomic E-state index is 0. The number of carboxylic acids is 2. The van der Waals surface area contributed by atoms with Crippen LogP contribution in [0, 0.1) is 0 Å². The van der Waals surface area contributed by atoms with E-state index in [1.165, 1.54) is 99.5 Å². The molecule has 70 heteroatoms. The van der Waals surface area contributed by atoms with E-state index in [0.29, 0.717) is 48.8 Å². The number of thiophene rings is 12. The molecule has 0 fully saturated rings. The van der Waals surface area contributed by atoms with Gasteiger partial charge in [-0.1, -0.05) is 31.7 Å². The Bertz CT molecular complexity index is 7920. The summed E-state index contributed by atoms with van der Waals surface area (Å²) in [4.78, 5) is 28.9. The molecule has 4 nitrogen and oxygen atoms in total. The molecule has 2 N–H and O–H groups in total. The van der Waals surface area contributed by atoms with Crippen molar-refractivity contribution < 1.29 is 72.5 Å². The maximum absolute atomic E-state index is 16.1. The summed E-state index contributed by atoms with van der Waals surface area (Å²) in [6.07, 6.45) is 0. The molecule has 12 aromatic heterocycles. The summed E-state index contributed by atoms with van der Waals surface area (Å²) in [5.41, 5.74) is -7.36. The first-order valence-electron chi connectivity index (χ1n) is 31.8. The van der Waals surface area contributed by atoms with Crippen molar-refractivity contribution in [3.63, 3.8) is 0 Å². The highest BCUT2D eigenvalue weighted by Gasteiger charge is 2.82. The van der Waals surface area contributed by atoms with Crippen LogP contribution >= 0.6 is 168 Å². The van der Waals surface area contributed by atoms with Gasteiger partial charge in [-0.2, -0.15) is 52.7 Å². The van der Waals surface area contributed by atoms with Crippen LogP contribution in [-0.4, -0.2) is 57.7 Å². The Hall–Kier alpha value is 3.74. The molecular weight excluding hydrogens is 2850 g/mol. The van der Waals surface area contributed by atoms with Gasteiger partial charge < -0.3 is 10.2 Å². The molecule has 708 valence electrons. The van der Waals surface area contributed by atoms with Gasteiger partial charge in [0.05, 0.1) is 27.1 Å². The van der Waals surface area contributed by atoms with Crippen molar-refractivity contribution in [2.24, 2.45) is 0 Å². The van der Waals surface area contributed by atoms with Crippen LogP contribution in [0.2, 0.25) is 0 Å². The summed E-state index contributed by atoms with van der Waals surface area (Å²) in [5, 5.41) is 25.5. The van der Waals surface area contributed by atoms with Crippen LogP contribution in [0.5, 0.6) is 0 Å². The molecular formula is C61H30Br2F12O4S52. The van der Waals surface area contributed by atoms with E-state index in [9.17, 15) is 19.8 Å². The highest BCUT2D eigenvalue weighted by atomic mass is 79.9. The fourth-order valence-electron chi connectivity index (χ4n) is 10.5. The molecule has 0 spiro atoms. The average molecular weight is 2880 g/mol. The van der Waals surface area contributed by atoms with Crippen LogP contribution in [0.25, 0.3) is 100 Å². The van der Waals surface area contributed by atoms with Crippen LogP contribution in [0.3, 0.4) is 0 Å². The van der Waals surface area contributed by atoms with Gasteiger partial charge in [-0.25, -0.2) is 9.59 Å². The standard InChI is InChI=1S/C31H14F6O4S6.C29H12Br2F6S6.CH4.S40/c32-29(33)23(13-11-21(15-5-7-19(44-15)27(38)39)46-25(13)17-3-1-9-42-17)24(30(34,35)31(29,36)37)14-12-22(16-6-8-20(45-16)28(40)41)47-26(14)18-4-2-10-43-18;30-21-7-5-15(40-21)19-11-13(25(42-19)17-3-1-9-38-17)23-24(28(34,35)29(36,37)27(23,32)33)14-12-20(16-6-8-22(31)41-16)43-26(14)18-4-2-10-39-18;;1-3-5-7-9-11-13-15-17-19-21-23-25-27-29-31-33-35-37-39-40-38-36-34-32-30-28-26-24-22-20-18-16-14-12-10-8-6-4-2/h1-12H,(H,38,39)(H,40,41);1-12H;1H4;. The number of halogens is 14. The summed E-state index contributed by atoms with van der Waals surface area (Å²) in [5.74, 6) is -34.9.